The third-order valence-corrected chi connectivity index (χ3v) is 3.15. The smallest absolute Gasteiger partial charge is 0.289 e. The van der Waals surface area contributed by atoms with Gasteiger partial charge in [0.25, 0.3) is 5.69 Å². The Bertz CT molecular complexity index is 612. The lowest BCUT2D eigenvalue weighted by atomic mass is 10.2. The average molecular weight is 281 g/mol. The summed E-state index contributed by atoms with van der Waals surface area (Å²) >= 11 is 5.77. The molecule has 2 aromatic rings. The number of aryl methyl sites for hydroxylation is 1. The van der Waals surface area contributed by atoms with E-state index in [0.29, 0.717) is 5.69 Å². The van der Waals surface area contributed by atoms with Crippen LogP contribution in [0.3, 0.4) is 0 Å². The van der Waals surface area contributed by atoms with Crippen LogP contribution < -0.4 is 5.32 Å². The fourth-order valence-electron chi connectivity index (χ4n) is 1.88. The third kappa shape index (κ3) is 2.85. The molecule has 19 heavy (non-hydrogen) atoms. The van der Waals surface area contributed by atoms with Crippen molar-refractivity contribution in [3.63, 3.8) is 0 Å². The summed E-state index contributed by atoms with van der Waals surface area (Å²) in [5, 5.41) is 18.2. The summed E-state index contributed by atoms with van der Waals surface area (Å²) in [5.74, 6) is 0. The number of hydrogen-bond acceptors (Lipinski definition) is 4. The maximum Gasteiger partial charge on any atom is 0.289 e. The van der Waals surface area contributed by atoms with Crippen molar-refractivity contribution in [2.75, 3.05) is 5.32 Å². The van der Waals surface area contributed by atoms with Crippen molar-refractivity contribution in [3.8, 4) is 0 Å². The summed E-state index contributed by atoms with van der Waals surface area (Å²) in [4.78, 5) is 10.3. The number of nitro benzene ring substituents is 1. The van der Waals surface area contributed by atoms with E-state index in [1.807, 2.05) is 20.0 Å². The SMILES string of the molecule is CC(Nc1ccc(Cl)c([N+](=O)[O-])c1)c1ccnn1C. The Kier molecular flexibility index (Phi) is 3.71. The number of aromatic nitrogens is 2. The fourth-order valence-corrected chi connectivity index (χ4v) is 2.06. The van der Waals surface area contributed by atoms with Gasteiger partial charge in [-0.25, -0.2) is 0 Å². The molecule has 1 atom stereocenters. The number of benzene rings is 1. The van der Waals surface area contributed by atoms with E-state index in [-0.39, 0.29) is 16.8 Å². The van der Waals surface area contributed by atoms with Crippen LogP contribution in [0, 0.1) is 10.1 Å². The minimum atomic E-state index is -0.498. The van der Waals surface area contributed by atoms with Crippen molar-refractivity contribution in [1.82, 2.24) is 9.78 Å². The highest BCUT2D eigenvalue weighted by Crippen LogP contribution is 2.29. The first-order valence-electron chi connectivity index (χ1n) is 5.67. The molecule has 0 aliphatic carbocycles. The van der Waals surface area contributed by atoms with Gasteiger partial charge in [-0.3, -0.25) is 14.8 Å². The van der Waals surface area contributed by atoms with Gasteiger partial charge in [-0.05, 0) is 25.1 Å². The molecular weight excluding hydrogens is 268 g/mol. The van der Waals surface area contributed by atoms with E-state index in [2.05, 4.69) is 10.4 Å². The highest BCUT2D eigenvalue weighted by molar-refractivity contribution is 6.32. The lowest BCUT2D eigenvalue weighted by Crippen LogP contribution is -2.11. The molecule has 0 fully saturated rings. The fraction of sp³-hybridized carbons (Fsp3) is 0.250. The van der Waals surface area contributed by atoms with Gasteiger partial charge in [-0.1, -0.05) is 11.6 Å². The largest absolute Gasteiger partial charge is 0.377 e. The van der Waals surface area contributed by atoms with E-state index in [1.54, 1.807) is 16.9 Å². The second kappa shape index (κ2) is 5.27. The van der Waals surface area contributed by atoms with Gasteiger partial charge in [0.05, 0.1) is 16.7 Å². The molecular formula is C12H13ClN4O2. The topological polar surface area (TPSA) is 73.0 Å². The molecule has 2 rings (SSSR count). The second-order valence-electron chi connectivity index (χ2n) is 4.17. The van der Waals surface area contributed by atoms with Crippen LogP contribution in [-0.2, 0) is 7.05 Å². The molecule has 1 aromatic carbocycles. The molecule has 7 heteroatoms. The van der Waals surface area contributed by atoms with Gasteiger partial charge in [-0.15, -0.1) is 0 Å². The summed E-state index contributed by atoms with van der Waals surface area (Å²) in [6.07, 6.45) is 1.71. The lowest BCUT2D eigenvalue weighted by molar-refractivity contribution is -0.384. The van der Waals surface area contributed by atoms with Gasteiger partial charge in [-0.2, -0.15) is 5.10 Å². The van der Waals surface area contributed by atoms with Crippen molar-refractivity contribution in [3.05, 3.63) is 51.3 Å². The molecule has 1 heterocycles. The van der Waals surface area contributed by atoms with E-state index < -0.39 is 4.92 Å². The van der Waals surface area contributed by atoms with Crippen LogP contribution >= 0.6 is 11.6 Å². The van der Waals surface area contributed by atoms with Crippen LogP contribution in [0.2, 0.25) is 5.02 Å². The quantitative estimate of drug-likeness (QED) is 0.690. The monoisotopic (exact) mass is 280 g/mol. The Morgan fingerprint density at radius 3 is 2.79 bits per heavy atom. The summed E-state index contributed by atoms with van der Waals surface area (Å²) in [7, 11) is 1.85. The van der Waals surface area contributed by atoms with Crippen molar-refractivity contribution in [2.24, 2.45) is 7.05 Å². The van der Waals surface area contributed by atoms with Crippen LogP contribution in [0.5, 0.6) is 0 Å². The molecule has 0 aliphatic rings. The van der Waals surface area contributed by atoms with E-state index in [9.17, 15) is 10.1 Å². The Morgan fingerprint density at radius 1 is 1.47 bits per heavy atom. The lowest BCUT2D eigenvalue weighted by Gasteiger charge is -2.15. The van der Waals surface area contributed by atoms with E-state index in [4.69, 9.17) is 11.6 Å². The molecule has 6 nitrogen and oxygen atoms in total. The highest BCUT2D eigenvalue weighted by atomic mass is 35.5. The maximum absolute atomic E-state index is 10.8. The zero-order valence-corrected chi connectivity index (χ0v) is 11.3. The summed E-state index contributed by atoms with van der Waals surface area (Å²) in [5.41, 5.74) is 1.52. The van der Waals surface area contributed by atoms with Gasteiger partial charge in [0.1, 0.15) is 5.02 Å². The molecule has 0 bridgehead atoms. The summed E-state index contributed by atoms with van der Waals surface area (Å²) < 4.78 is 1.75. The number of nitrogens with one attached hydrogen (secondary N) is 1. The maximum atomic E-state index is 10.8. The minimum Gasteiger partial charge on any atom is -0.377 e. The molecule has 1 N–H and O–H groups in total. The van der Waals surface area contributed by atoms with Gasteiger partial charge in [0.15, 0.2) is 0 Å². The normalized spacial score (nSPS) is 12.2. The van der Waals surface area contributed by atoms with Crippen molar-refractivity contribution in [2.45, 2.75) is 13.0 Å². The molecule has 1 unspecified atom stereocenters. The van der Waals surface area contributed by atoms with E-state index in [0.717, 1.165) is 5.69 Å². The summed E-state index contributed by atoms with van der Waals surface area (Å²) in [6, 6.07) is 6.52. The van der Waals surface area contributed by atoms with Gasteiger partial charge in [0, 0.05) is 25.0 Å². The third-order valence-electron chi connectivity index (χ3n) is 2.83. The molecule has 0 radical (unpaired) electrons. The zero-order chi connectivity index (χ0) is 14.0. The molecule has 0 amide bonds. The first-order chi connectivity index (χ1) is 8.99. The number of nitro groups is 1. The van der Waals surface area contributed by atoms with Crippen molar-refractivity contribution >= 4 is 23.0 Å². The molecule has 0 aliphatic heterocycles. The van der Waals surface area contributed by atoms with Gasteiger partial charge < -0.3 is 5.32 Å². The minimum absolute atomic E-state index is 0.0201. The van der Waals surface area contributed by atoms with Crippen molar-refractivity contribution < 1.29 is 4.92 Å². The van der Waals surface area contributed by atoms with Crippen LogP contribution in [0.15, 0.2) is 30.5 Å². The number of rotatable bonds is 4. The van der Waals surface area contributed by atoms with Gasteiger partial charge in [0.2, 0.25) is 0 Å². The molecule has 0 saturated carbocycles. The standard InChI is InChI=1S/C12H13ClN4O2/c1-8(11-5-6-14-16(11)2)15-9-3-4-10(13)12(7-9)17(18)19/h3-8,15H,1-2H3. The predicted octanol–water partition coefficient (Wildman–Crippen LogP) is 3.15. The number of hydrogen-bond donors (Lipinski definition) is 1. The Morgan fingerprint density at radius 2 is 2.21 bits per heavy atom. The first-order valence-corrected chi connectivity index (χ1v) is 6.05. The number of anilines is 1. The first kappa shape index (κ1) is 13.4. The van der Waals surface area contributed by atoms with Crippen molar-refractivity contribution in [1.29, 1.82) is 0 Å². The molecule has 100 valence electrons. The van der Waals surface area contributed by atoms with Crippen LogP contribution in [-0.4, -0.2) is 14.7 Å². The van der Waals surface area contributed by atoms with Crippen LogP contribution in [0.25, 0.3) is 0 Å². The Labute approximate surface area is 115 Å². The molecule has 1 aromatic heterocycles. The molecule has 0 saturated heterocycles. The number of halogens is 1. The van der Waals surface area contributed by atoms with E-state index in [1.165, 1.54) is 12.1 Å². The van der Waals surface area contributed by atoms with Crippen LogP contribution in [0.1, 0.15) is 18.7 Å². The highest BCUT2D eigenvalue weighted by Gasteiger charge is 2.15. The predicted molar refractivity (Wildman–Crippen MR) is 73.4 cm³/mol. The second-order valence-corrected chi connectivity index (χ2v) is 4.58. The van der Waals surface area contributed by atoms with Gasteiger partial charge >= 0.3 is 0 Å². The summed E-state index contributed by atoms with van der Waals surface area (Å²) in [6.45, 7) is 1.96. The molecule has 0 spiro atoms. The van der Waals surface area contributed by atoms with Crippen LogP contribution in [0.4, 0.5) is 11.4 Å². The number of nitrogens with zero attached hydrogens (tertiary/aromatic N) is 3. The Hall–Kier alpha value is -2.08. The zero-order valence-electron chi connectivity index (χ0n) is 10.5. The average Bonchev–Trinajstić information content (AvgIpc) is 2.77. The van der Waals surface area contributed by atoms with E-state index >= 15 is 0 Å². The Balaban J connectivity index is 2.22.